The monoisotopic (exact) mass is 456 g/mol. The van der Waals surface area contributed by atoms with Crippen molar-refractivity contribution in [2.24, 2.45) is 10.8 Å². The summed E-state index contributed by atoms with van der Waals surface area (Å²) < 4.78 is 7.41. The van der Waals surface area contributed by atoms with Gasteiger partial charge in [0.1, 0.15) is 12.0 Å². The molecule has 3 N–H and O–H groups in total. The van der Waals surface area contributed by atoms with Gasteiger partial charge in [0.2, 0.25) is 0 Å². The van der Waals surface area contributed by atoms with Gasteiger partial charge >= 0.3 is 0 Å². The van der Waals surface area contributed by atoms with Crippen LogP contribution in [0.25, 0.3) is 0 Å². The number of ether oxygens (including phenoxy) is 1. The second kappa shape index (κ2) is 9.82. The second-order valence-electron chi connectivity index (χ2n) is 11.4. The van der Waals surface area contributed by atoms with Crippen molar-refractivity contribution in [3.05, 3.63) is 53.6 Å². The molecule has 0 saturated carbocycles. The minimum atomic E-state index is -0.249. The van der Waals surface area contributed by atoms with E-state index in [1.54, 1.807) is 28.8 Å². The molecule has 0 spiro atoms. The summed E-state index contributed by atoms with van der Waals surface area (Å²) in [6.07, 6.45) is 2.24. The van der Waals surface area contributed by atoms with Gasteiger partial charge in [-0.05, 0) is 47.8 Å². The zero-order valence-corrected chi connectivity index (χ0v) is 20.8. The summed E-state index contributed by atoms with van der Waals surface area (Å²) in [5.41, 5.74) is 3.00. The van der Waals surface area contributed by atoms with E-state index in [0.717, 1.165) is 30.5 Å². The van der Waals surface area contributed by atoms with Crippen LogP contribution in [0, 0.1) is 10.8 Å². The van der Waals surface area contributed by atoms with Crippen molar-refractivity contribution in [3.8, 4) is 17.5 Å². The molecule has 1 aromatic carbocycles. The Hall–Kier alpha value is -2.44. The molecule has 1 unspecified atom stereocenters. The Morgan fingerprint density at radius 3 is 2.48 bits per heavy atom. The van der Waals surface area contributed by atoms with E-state index in [-0.39, 0.29) is 34.6 Å². The highest BCUT2D eigenvalue weighted by molar-refractivity contribution is 5.38. The number of allylic oxidation sites excluding steroid dienone is 1. The maximum atomic E-state index is 10.8. The first-order chi connectivity index (χ1) is 15.3. The van der Waals surface area contributed by atoms with E-state index in [1.165, 1.54) is 0 Å². The van der Waals surface area contributed by atoms with Gasteiger partial charge < -0.3 is 20.1 Å². The maximum Gasteiger partial charge on any atom is 0.197 e. The summed E-state index contributed by atoms with van der Waals surface area (Å²) in [4.78, 5) is 2.14. The third-order valence-corrected chi connectivity index (χ3v) is 6.05. The summed E-state index contributed by atoms with van der Waals surface area (Å²) in [6, 6.07) is 8.72. The number of aromatic nitrogens is 1. The van der Waals surface area contributed by atoms with Gasteiger partial charge in [-0.15, -0.1) is 0 Å². The SMILES string of the molecule is C=C(Cc1cc(O)n(CCN2CCOC2c2cccc(O)c2)c1O)CC(C)(C)CC(C)(C)C. The third-order valence-electron chi connectivity index (χ3n) is 6.05. The van der Waals surface area contributed by atoms with Gasteiger partial charge in [-0.1, -0.05) is 58.9 Å². The van der Waals surface area contributed by atoms with Gasteiger partial charge in [0.25, 0.3) is 0 Å². The molecule has 1 aliphatic rings. The van der Waals surface area contributed by atoms with Gasteiger partial charge in [-0.2, -0.15) is 0 Å². The molecular weight excluding hydrogens is 416 g/mol. The lowest BCUT2D eigenvalue weighted by molar-refractivity contribution is 0.0305. The zero-order chi connectivity index (χ0) is 24.4. The highest BCUT2D eigenvalue weighted by Gasteiger charge is 2.29. The second-order valence-corrected chi connectivity index (χ2v) is 11.4. The Bertz CT molecular complexity index is 971. The van der Waals surface area contributed by atoms with Crippen LogP contribution >= 0.6 is 0 Å². The molecule has 0 bridgehead atoms. The molecule has 1 saturated heterocycles. The molecule has 0 aliphatic carbocycles. The van der Waals surface area contributed by atoms with Crippen LogP contribution in [0.2, 0.25) is 0 Å². The van der Waals surface area contributed by atoms with Crippen LogP contribution < -0.4 is 0 Å². The van der Waals surface area contributed by atoms with Crippen molar-refractivity contribution in [2.75, 3.05) is 19.7 Å². The number of rotatable bonds is 9. The molecule has 182 valence electrons. The summed E-state index contributed by atoms with van der Waals surface area (Å²) in [5, 5.41) is 31.1. The topological polar surface area (TPSA) is 78.1 Å². The van der Waals surface area contributed by atoms with Crippen molar-refractivity contribution < 1.29 is 20.1 Å². The minimum absolute atomic E-state index is 0.0540. The van der Waals surface area contributed by atoms with Crippen LogP contribution in [-0.4, -0.2) is 44.5 Å². The lowest BCUT2D eigenvalue weighted by Crippen LogP contribution is -2.27. The van der Waals surface area contributed by atoms with E-state index in [1.807, 2.05) is 6.07 Å². The molecule has 0 radical (unpaired) electrons. The number of benzene rings is 1. The minimum Gasteiger partial charge on any atom is -0.508 e. The quantitative estimate of drug-likeness (QED) is 0.429. The normalized spacial score (nSPS) is 17.5. The molecule has 0 amide bonds. The summed E-state index contributed by atoms with van der Waals surface area (Å²) in [6.45, 7) is 17.9. The van der Waals surface area contributed by atoms with Gasteiger partial charge in [0, 0.05) is 31.3 Å². The van der Waals surface area contributed by atoms with Crippen LogP contribution in [-0.2, 0) is 17.7 Å². The van der Waals surface area contributed by atoms with E-state index in [4.69, 9.17) is 4.74 Å². The predicted octanol–water partition coefficient (Wildman–Crippen LogP) is 5.59. The van der Waals surface area contributed by atoms with Crippen LogP contribution in [0.5, 0.6) is 17.5 Å². The molecule has 3 rings (SSSR count). The van der Waals surface area contributed by atoms with Crippen molar-refractivity contribution in [1.29, 1.82) is 0 Å². The van der Waals surface area contributed by atoms with Gasteiger partial charge in [-0.25, -0.2) is 0 Å². The number of hydrogen-bond acceptors (Lipinski definition) is 5. The molecule has 1 atom stereocenters. The van der Waals surface area contributed by atoms with Crippen LogP contribution in [0.1, 0.15) is 64.8 Å². The van der Waals surface area contributed by atoms with Crippen LogP contribution in [0.3, 0.4) is 0 Å². The van der Waals surface area contributed by atoms with E-state index >= 15 is 0 Å². The third kappa shape index (κ3) is 6.78. The standard InChI is InChI=1S/C27H40N2O4/c1-19(17-27(5,6)18-26(2,3)4)14-21-16-23(31)29(24(21)32)11-10-28-12-13-33-25(28)20-8-7-9-22(30)15-20/h7-9,15-16,25,30-32H,1,10-14,17-18H2,2-6H3. The Morgan fingerprint density at radius 2 is 1.82 bits per heavy atom. The highest BCUT2D eigenvalue weighted by Crippen LogP contribution is 2.39. The number of nitrogens with zero attached hydrogens (tertiary/aromatic N) is 2. The molecular formula is C27H40N2O4. The Labute approximate surface area is 198 Å². The Balaban J connectivity index is 1.63. The summed E-state index contributed by atoms with van der Waals surface area (Å²) >= 11 is 0. The fourth-order valence-corrected chi connectivity index (χ4v) is 5.38. The molecule has 1 aliphatic heterocycles. The average molecular weight is 457 g/mol. The first-order valence-corrected chi connectivity index (χ1v) is 11.8. The number of hydrogen-bond donors (Lipinski definition) is 3. The Kier molecular flexibility index (Phi) is 7.49. The predicted molar refractivity (Wildman–Crippen MR) is 131 cm³/mol. The van der Waals surface area contributed by atoms with Crippen molar-refractivity contribution in [2.45, 2.75) is 66.7 Å². The average Bonchev–Trinajstić information content (AvgIpc) is 3.22. The first-order valence-electron chi connectivity index (χ1n) is 11.8. The summed E-state index contributed by atoms with van der Waals surface area (Å²) in [7, 11) is 0. The molecule has 2 aromatic rings. The Morgan fingerprint density at radius 1 is 1.09 bits per heavy atom. The van der Waals surface area contributed by atoms with E-state index in [9.17, 15) is 15.3 Å². The number of phenolic OH excluding ortho intramolecular Hbond substituents is 1. The summed E-state index contributed by atoms with van der Waals surface area (Å²) in [5.74, 6) is 0.355. The van der Waals surface area contributed by atoms with E-state index < -0.39 is 0 Å². The molecule has 1 aromatic heterocycles. The van der Waals surface area contributed by atoms with Crippen molar-refractivity contribution in [3.63, 3.8) is 0 Å². The largest absolute Gasteiger partial charge is 0.508 e. The van der Waals surface area contributed by atoms with Crippen LogP contribution in [0.4, 0.5) is 0 Å². The fraction of sp³-hybridized carbons (Fsp3) is 0.556. The van der Waals surface area contributed by atoms with E-state index in [2.05, 4.69) is 46.1 Å². The van der Waals surface area contributed by atoms with E-state index in [0.29, 0.717) is 31.7 Å². The number of aromatic hydroxyl groups is 3. The fourth-order valence-electron chi connectivity index (χ4n) is 5.38. The molecule has 1 fully saturated rings. The van der Waals surface area contributed by atoms with Crippen molar-refractivity contribution >= 4 is 0 Å². The lowest BCUT2D eigenvalue weighted by atomic mass is 9.73. The smallest absolute Gasteiger partial charge is 0.197 e. The maximum absolute atomic E-state index is 10.8. The van der Waals surface area contributed by atoms with Gasteiger partial charge in [0.15, 0.2) is 11.8 Å². The molecule has 33 heavy (non-hydrogen) atoms. The highest BCUT2D eigenvalue weighted by atomic mass is 16.5. The van der Waals surface area contributed by atoms with Crippen molar-refractivity contribution in [1.82, 2.24) is 9.47 Å². The van der Waals surface area contributed by atoms with Crippen LogP contribution in [0.15, 0.2) is 42.5 Å². The molecule has 2 heterocycles. The lowest BCUT2D eigenvalue weighted by Gasteiger charge is -2.33. The molecule has 6 heteroatoms. The number of phenols is 1. The molecule has 6 nitrogen and oxygen atoms in total. The first kappa shape index (κ1) is 25.2. The van der Waals surface area contributed by atoms with Gasteiger partial charge in [0.05, 0.1) is 6.61 Å². The van der Waals surface area contributed by atoms with Gasteiger partial charge in [-0.3, -0.25) is 9.47 Å². The zero-order valence-electron chi connectivity index (χ0n) is 20.8.